The number of nitrogens with zero attached hydrogens (tertiary/aromatic N) is 2. The van der Waals surface area contributed by atoms with Gasteiger partial charge in [0.2, 0.25) is 5.88 Å². The van der Waals surface area contributed by atoms with Gasteiger partial charge in [-0.2, -0.15) is 0 Å². The second-order valence-corrected chi connectivity index (χ2v) is 5.43. The Morgan fingerprint density at radius 3 is 2.89 bits per heavy atom. The van der Waals surface area contributed by atoms with Crippen molar-refractivity contribution < 1.29 is 9.47 Å². The number of aromatic nitrogens is 1. The SMILES string of the molecule is COc1ncccc1CN1CC2(CCOCC2)C1. The molecule has 1 aromatic rings. The van der Waals surface area contributed by atoms with E-state index in [1.54, 1.807) is 13.3 Å². The minimum atomic E-state index is 0.535. The Kier molecular flexibility index (Phi) is 3.22. The van der Waals surface area contributed by atoms with Crippen LogP contribution in [0.25, 0.3) is 0 Å². The Morgan fingerprint density at radius 1 is 1.39 bits per heavy atom. The number of methoxy groups -OCH3 is 1. The first kappa shape index (κ1) is 11.9. The van der Waals surface area contributed by atoms with Crippen LogP contribution < -0.4 is 4.74 Å². The highest BCUT2D eigenvalue weighted by Crippen LogP contribution is 2.40. The number of hydrogen-bond acceptors (Lipinski definition) is 4. The van der Waals surface area contributed by atoms with Crippen molar-refractivity contribution in [1.82, 2.24) is 9.88 Å². The van der Waals surface area contributed by atoms with Crippen LogP contribution in [0.15, 0.2) is 18.3 Å². The summed E-state index contributed by atoms with van der Waals surface area (Å²) in [6.45, 7) is 5.19. The van der Waals surface area contributed by atoms with Crippen LogP contribution in [0.1, 0.15) is 18.4 Å². The molecular weight excluding hydrogens is 228 g/mol. The molecule has 0 aliphatic carbocycles. The molecule has 98 valence electrons. The summed E-state index contributed by atoms with van der Waals surface area (Å²) >= 11 is 0. The number of hydrogen-bond donors (Lipinski definition) is 0. The van der Waals surface area contributed by atoms with Crippen molar-refractivity contribution in [3.8, 4) is 5.88 Å². The molecule has 0 bridgehead atoms. The average Bonchev–Trinajstić information content (AvgIpc) is 2.39. The van der Waals surface area contributed by atoms with Crippen molar-refractivity contribution in [2.24, 2.45) is 5.41 Å². The van der Waals surface area contributed by atoms with Gasteiger partial charge < -0.3 is 9.47 Å². The van der Waals surface area contributed by atoms with Crippen molar-refractivity contribution in [1.29, 1.82) is 0 Å². The van der Waals surface area contributed by atoms with Crippen LogP contribution in [-0.4, -0.2) is 43.3 Å². The molecule has 2 fully saturated rings. The highest BCUT2D eigenvalue weighted by Gasteiger charge is 2.43. The molecule has 0 aromatic carbocycles. The van der Waals surface area contributed by atoms with Crippen LogP contribution in [0.5, 0.6) is 5.88 Å². The van der Waals surface area contributed by atoms with E-state index >= 15 is 0 Å². The number of likely N-dealkylation sites (tertiary alicyclic amines) is 1. The molecule has 4 heteroatoms. The van der Waals surface area contributed by atoms with Crippen molar-refractivity contribution >= 4 is 0 Å². The van der Waals surface area contributed by atoms with E-state index < -0.39 is 0 Å². The van der Waals surface area contributed by atoms with Gasteiger partial charge >= 0.3 is 0 Å². The first-order valence-corrected chi connectivity index (χ1v) is 6.59. The quantitative estimate of drug-likeness (QED) is 0.815. The second kappa shape index (κ2) is 4.86. The van der Waals surface area contributed by atoms with E-state index in [1.165, 1.54) is 31.5 Å². The minimum absolute atomic E-state index is 0.535. The summed E-state index contributed by atoms with van der Waals surface area (Å²) in [5, 5.41) is 0. The summed E-state index contributed by atoms with van der Waals surface area (Å²) in [6, 6.07) is 4.07. The molecule has 3 rings (SSSR count). The van der Waals surface area contributed by atoms with E-state index in [2.05, 4.69) is 16.0 Å². The normalized spacial score (nSPS) is 22.7. The minimum Gasteiger partial charge on any atom is -0.481 e. The molecule has 0 amide bonds. The van der Waals surface area contributed by atoms with E-state index in [4.69, 9.17) is 9.47 Å². The maximum Gasteiger partial charge on any atom is 0.217 e. The zero-order valence-electron chi connectivity index (χ0n) is 10.9. The fourth-order valence-electron chi connectivity index (χ4n) is 3.10. The molecule has 0 unspecified atom stereocenters. The Balaban J connectivity index is 1.59. The lowest BCUT2D eigenvalue weighted by atomic mass is 9.73. The Morgan fingerprint density at radius 2 is 2.17 bits per heavy atom. The fraction of sp³-hybridized carbons (Fsp3) is 0.643. The van der Waals surface area contributed by atoms with Crippen molar-refractivity contribution in [3.63, 3.8) is 0 Å². The second-order valence-electron chi connectivity index (χ2n) is 5.43. The van der Waals surface area contributed by atoms with Gasteiger partial charge in [0, 0.05) is 50.0 Å². The molecule has 2 saturated heterocycles. The maximum atomic E-state index is 5.44. The molecule has 2 aliphatic heterocycles. The van der Waals surface area contributed by atoms with E-state index in [-0.39, 0.29) is 0 Å². The number of ether oxygens (including phenoxy) is 2. The van der Waals surface area contributed by atoms with Gasteiger partial charge in [-0.25, -0.2) is 4.98 Å². The molecule has 2 aliphatic rings. The molecule has 0 N–H and O–H groups in total. The summed E-state index contributed by atoms with van der Waals surface area (Å²) in [5.74, 6) is 0.755. The predicted octanol–water partition coefficient (Wildman–Crippen LogP) is 1.70. The molecule has 0 saturated carbocycles. The zero-order chi connectivity index (χ0) is 12.4. The third kappa shape index (κ3) is 2.22. The lowest BCUT2D eigenvalue weighted by Gasteiger charge is -2.52. The van der Waals surface area contributed by atoms with Crippen LogP contribution >= 0.6 is 0 Å². The summed E-state index contributed by atoms with van der Waals surface area (Å²) in [6.07, 6.45) is 4.21. The lowest BCUT2D eigenvalue weighted by molar-refractivity contribution is -0.0841. The first-order valence-electron chi connectivity index (χ1n) is 6.59. The van der Waals surface area contributed by atoms with Gasteiger partial charge in [-0.3, -0.25) is 4.90 Å². The summed E-state index contributed by atoms with van der Waals surface area (Å²) in [7, 11) is 1.68. The Labute approximate surface area is 108 Å². The fourth-order valence-corrected chi connectivity index (χ4v) is 3.10. The molecule has 18 heavy (non-hydrogen) atoms. The van der Waals surface area contributed by atoms with Crippen LogP contribution in [-0.2, 0) is 11.3 Å². The average molecular weight is 248 g/mol. The number of rotatable bonds is 3. The van der Waals surface area contributed by atoms with Gasteiger partial charge in [-0.05, 0) is 18.9 Å². The molecule has 1 aromatic heterocycles. The van der Waals surface area contributed by atoms with Gasteiger partial charge in [-0.15, -0.1) is 0 Å². The summed E-state index contributed by atoms with van der Waals surface area (Å²) < 4.78 is 10.7. The highest BCUT2D eigenvalue weighted by molar-refractivity contribution is 5.25. The van der Waals surface area contributed by atoms with E-state index in [0.29, 0.717) is 5.41 Å². The van der Waals surface area contributed by atoms with Gasteiger partial charge in [0.05, 0.1) is 7.11 Å². The van der Waals surface area contributed by atoms with Gasteiger partial charge in [0.1, 0.15) is 0 Å². The molecule has 3 heterocycles. The molecule has 0 radical (unpaired) electrons. The molecule has 4 nitrogen and oxygen atoms in total. The Hall–Kier alpha value is -1.13. The smallest absolute Gasteiger partial charge is 0.217 e. The van der Waals surface area contributed by atoms with Crippen molar-refractivity contribution in [2.75, 3.05) is 33.4 Å². The van der Waals surface area contributed by atoms with Crippen molar-refractivity contribution in [2.45, 2.75) is 19.4 Å². The third-order valence-corrected chi connectivity index (χ3v) is 4.11. The van der Waals surface area contributed by atoms with Gasteiger partial charge in [0.25, 0.3) is 0 Å². The zero-order valence-corrected chi connectivity index (χ0v) is 10.9. The van der Waals surface area contributed by atoms with Crippen molar-refractivity contribution in [3.05, 3.63) is 23.9 Å². The standard InChI is InChI=1S/C14H20N2O2/c1-17-13-12(3-2-6-15-13)9-16-10-14(11-16)4-7-18-8-5-14/h2-3,6H,4-5,7-11H2,1H3. The van der Waals surface area contributed by atoms with Gasteiger partial charge in [-0.1, -0.05) is 6.07 Å². The predicted molar refractivity (Wildman–Crippen MR) is 68.6 cm³/mol. The maximum absolute atomic E-state index is 5.44. The third-order valence-electron chi connectivity index (χ3n) is 4.11. The van der Waals surface area contributed by atoms with Gasteiger partial charge in [0.15, 0.2) is 0 Å². The molecular formula is C14H20N2O2. The topological polar surface area (TPSA) is 34.6 Å². The lowest BCUT2D eigenvalue weighted by Crippen LogP contribution is -2.57. The van der Waals surface area contributed by atoms with Crippen LogP contribution in [0, 0.1) is 5.41 Å². The molecule has 1 spiro atoms. The monoisotopic (exact) mass is 248 g/mol. The van der Waals surface area contributed by atoms with E-state index in [0.717, 1.165) is 25.6 Å². The Bertz CT molecular complexity index is 408. The first-order chi connectivity index (χ1) is 8.81. The van der Waals surface area contributed by atoms with Crippen LogP contribution in [0.3, 0.4) is 0 Å². The van der Waals surface area contributed by atoms with E-state index in [1.807, 2.05) is 6.07 Å². The summed E-state index contributed by atoms with van der Waals surface area (Å²) in [4.78, 5) is 6.72. The van der Waals surface area contributed by atoms with Crippen LogP contribution in [0.2, 0.25) is 0 Å². The largest absolute Gasteiger partial charge is 0.481 e. The number of pyridine rings is 1. The highest BCUT2D eigenvalue weighted by atomic mass is 16.5. The molecule has 0 atom stereocenters. The van der Waals surface area contributed by atoms with E-state index in [9.17, 15) is 0 Å². The summed E-state index contributed by atoms with van der Waals surface area (Å²) in [5.41, 5.74) is 1.72. The van der Waals surface area contributed by atoms with Crippen LogP contribution in [0.4, 0.5) is 0 Å².